The quantitative estimate of drug-likeness (QED) is 0.748. The number of hydrogen-bond donors (Lipinski definition) is 1. The Hall–Kier alpha value is -0.120. The predicted octanol–water partition coefficient (Wildman–Crippen LogP) is 1.23. The van der Waals surface area contributed by atoms with Crippen LogP contribution in [0.5, 0.6) is 0 Å². The molecule has 0 atom stereocenters. The van der Waals surface area contributed by atoms with Crippen molar-refractivity contribution in [2.75, 3.05) is 32.8 Å². The predicted molar refractivity (Wildman–Crippen MR) is 61.8 cm³/mol. The van der Waals surface area contributed by atoms with Gasteiger partial charge in [0.1, 0.15) is 0 Å². The maximum Gasteiger partial charge on any atom is 0.0484 e. The first-order chi connectivity index (χ1) is 7.18. The van der Waals surface area contributed by atoms with Crippen LogP contribution in [0.25, 0.3) is 0 Å². The Bertz CT molecular complexity index is 194. The number of nitrogens with zero attached hydrogens (tertiary/aromatic N) is 1. The number of hydrogen-bond acceptors (Lipinski definition) is 3. The van der Waals surface area contributed by atoms with Gasteiger partial charge in [-0.2, -0.15) is 0 Å². The summed E-state index contributed by atoms with van der Waals surface area (Å²) in [5.74, 6) is 0.907. The van der Waals surface area contributed by atoms with Crippen LogP contribution in [-0.2, 0) is 4.74 Å². The number of rotatable bonds is 2. The van der Waals surface area contributed by atoms with Gasteiger partial charge in [0.2, 0.25) is 0 Å². The molecule has 15 heavy (non-hydrogen) atoms. The fourth-order valence-corrected chi connectivity index (χ4v) is 2.60. The SMILES string of the molecule is CC1CCN(CC2(N)CCOCC2)CC1. The third-order valence-electron chi connectivity index (χ3n) is 3.90. The number of likely N-dealkylation sites (tertiary alicyclic amines) is 1. The Morgan fingerprint density at radius 2 is 1.87 bits per heavy atom. The van der Waals surface area contributed by atoms with Crippen molar-refractivity contribution in [3.63, 3.8) is 0 Å². The molecule has 3 heteroatoms. The van der Waals surface area contributed by atoms with Gasteiger partial charge in [0, 0.05) is 25.3 Å². The highest BCUT2D eigenvalue weighted by Gasteiger charge is 2.31. The Labute approximate surface area is 93.0 Å². The van der Waals surface area contributed by atoms with Crippen LogP contribution in [0.4, 0.5) is 0 Å². The average Bonchev–Trinajstić information content (AvgIpc) is 2.22. The third-order valence-corrected chi connectivity index (χ3v) is 3.90. The fourth-order valence-electron chi connectivity index (χ4n) is 2.60. The van der Waals surface area contributed by atoms with Crippen molar-refractivity contribution in [1.82, 2.24) is 4.90 Å². The van der Waals surface area contributed by atoms with Crippen LogP contribution in [0.3, 0.4) is 0 Å². The Balaban J connectivity index is 1.80. The number of ether oxygens (including phenoxy) is 1. The fraction of sp³-hybridized carbons (Fsp3) is 1.00. The zero-order valence-electron chi connectivity index (χ0n) is 9.87. The standard InChI is InChI=1S/C12H24N2O/c1-11-2-6-14(7-3-11)10-12(13)4-8-15-9-5-12/h11H,2-10,13H2,1H3. The number of piperidine rings is 1. The molecular weight excluding hydrogens is 188 g/mol. The molecule has 0 aromatic heterocycles. The monoisotopic (exact) mass is 212 g/mol. The van der Waals surface area contributed by atoms with Crippen molar-refractivity contribution in [3.05, 3.63) is 0 Å². The molecular formula is C12H24N2O. The van der Waals surface area contributed by atoms with E-state index in [2.05, 4.69) is 11.8 Å². The van der Waals surface area contributed by atoms with E-state index in [1.165, 1.54) is 25.9 Å². The van der Waals surface area contributed by atoms with E-state index >= 15 is 0 Å². The molecule has 2 heterocycles. The highest BCUT2D eigenvalue weighted by molar-refractivity contribution is 4.90. The van der Waals surface area contributed by atoms with Crippen LogP contribution in [0.1, 0.15) is 32.6 Å². The van der Waals surface area contributed by atoms with Crippen LogP contribution < -0.4 is 5.73 Å². The van der Waals surface area contributed by atoms with Crippen LogP contribution in [0.2, 0.25) is 0 Å². The topological polar surface area (TPSA) is 38.5 Å². The van der Waals surface area contributed by atoms with E-state index in [4.69, 9.17) is 10.5 Å². The second-order valence-corrected chi connectivity index (χ2v) is 5.43. The van der Waals surface area contributed by atoms with Crippen molar-refractivity contribution >= 4 is 0 Å². The highest BCUT2D eigenvalue weighted by atomic mass is 16.5. The third kappa shape index (κ3) is 3.16. The molecule has 0 spiro atoms. The second-order valence-electron chi connectivity index (χ2n) is 5.43. The molecule has 2 N–H and O–H groups in total. The maximum absolute atomic E-state index is 6.40. The number of nitrogens with two attached hydrogens (primary N) is 1. The summed E-state index contributed by atoms with van der Waals surface area (Å²) in [6.07, 6.45) is 4.73. The van der Waals surface area contributed by atoms with Crippen molar-refractivity contribution < 1.29 is 4.74 Å². The molecule has 0 aromatic carbocycles. The van der Waals surface area contributed by atoms with Gasteiger partial charge in [0.05, 0.1) is 0 Å². The van der Waals surface area contributed by atoms with E-state index in [9.17, 15) is 0 Å². The Morgan fingerprint density at radius 3 is 2.47 bits per heavy atom. The van der Waals surface area contributed by atoms with Crippen LogP contribution in [0, 0.1) is 5.92 Å². The molecule has 0 saturated carbocycles. The van der Waals surface area contributed by atoms with E-state index in [1.807, 2.05) is 0 Å². The molecule has 2 aliphatic rings. The molecule has 2 fully saturated rings. The van der Waals surface area contributed by atoms with E-state index < -0.39 is 0 Å². The second kappa shape index (κ2) is 4.81. The molecule has 0 unspecified atom stereocenters. The summed E-state index contributed by atoms with van der Waals surface area (Å²) in [4.78, 5) is 2.55. The van der Waals surface area contributed by atoms with Gasteiger partial charge in [0.15, 0.2) is 0 Å². The molecule has 2 saturated heterocycles. The molecule has 0 aliphatic carbocycles. The highest BCUT2D eigenvalue weighted by Crippen LogP contribution is 2.22. The summed E-state index contributed by atoms with van der Waals surface area (Å²) in [5.41, 5.74) is 6.43. The minimum absolute atomic E-state index is 0.0266. The summed E-state index contributed by atoms with van der Waals surface area (Å²) in [6.45, 7) is 7.59. The first-order valence-electron chi connectivity index (χ1n) is 6.27. The van der Waals surface area contributed by atoms with Crippen LogP contribution in [0.15, 0.2) is 0 Å². The van der Waals surface area contributed by atoms with Gasteiger partial charge in [-0.25, -0.2) is 0 Å². The van der Waals surface area contributed by atoms with Crippen molar-refractivity contribution in [1.29, 1.82) is 0 Å². The van der Waals surface area contributed by atoms with Crippen molar-refractivity contribution in [2.24, 2.45) is 11.7 Å². The summed E-state index contributed by atoms with van der Waals surface area (Å²) < 4.78 is 5.37. The molecule has 0 aromatic rings. The van der Waals surface area contributed by atoms with Gasteiger partial charge in [-0.1, -0.05) is 6.92 Å². The summed E-state index contributed by atoms with van der Waals surface area (Å²) in [7, 11) is 0. The molecule has 0 amide bonds. The zero-order valence-corrected chi connectivity index (χ0v) is 9.87. The van der Waals surface area contributed by atoms with Gasteiger partial charge in [0.25, 0.3) is 0 Å². The molecule has 0 radical (unpaired) electrons. The summed E-state index contributed by atoms with van der Waals surface area (Å²) in [5, 5.41) is 0. The largest absolute Gasteiger partial charge is 0.381 e. The Morgan fingerprint density at radius 1 is 1.27 bits per heavy atom. The summed E-state index contributed by atoms with van der Waals surface area (Å²) >= 11 is 0. The lowest BCUT2D eigenvalue weighted by molar-refractivity contribution is 0.0325. The summed E-state index contributed by atoms with van der Waals surface area (Å²) in [6, 6.07) is 0. The normalized spacial score (nSPS) is 29.2. The first kappa shape index (κ1) is 11.4. The van der Waals surface area contributed by atoms with Gasteiger partial charge in [-0.05, 0) is 44.7 Å². The van der Waals surface area contributed by atoms with Crippen molar-refractivity contribution in [2.45, 2.75) is 38.1 Å². The minimum atomic E-state index is 0.0266. The maximum atomic E-state index is 6.40. The molecule has 2 aliphatic heterocycles. The average molecular weight is 212 g/mol. The van der Waals surface area contributed by atoms with Crippen LogP contribution in [-0.4, -0.2) is 43.3 Å². The lowest BCUT2D eigenvalue weighted by atomic mass is 9.89. The van der Waals surface area contributed by atoms with Gasteiger partial charge >= 0.3 is 0 Å². The zero-order chi connectivity index (χ0) is 10.7. The van der Waals surface area contributed by atoms with Crippen molar-refractivity contribution in [3.8, 4) is 0 Å². The minimum Gasteiger partial charge on any atom is -0.381 e. The van der Waals surface area contributed by atoms with Gasteiger partial charge in [-0.15, -0.1) is 0 Å². The van der Waals surface area contributed by atoms with E-state index in [0.717, 1.165) is 38.5 Å². The molecule has 0 bridgehead atoms. The molecule has 2 rings (SSSR count). The smallest absolute Gasteiger partial charge is 0.0484 e. The van der Waals surface area contributed by atoms with Gasteiger partial charge < -0.3 is 15.4 Å². The lowest BCUT2D eigenvalue weighted by Crippen LogP contribution is -2.54. The lowest BCUT2D eigenvalue weighted by Gasteiger charge is -2.40. The van der Waals surface area contributed by atoms with E-state index in [0.29, 0.717) is 0 Å². The first-order valence-corrected chi connectivity index (χ1v) is 6.27. The van der Waals surface area contributed by atoms with E-state index in [-0.39, 0.29) is 5.54 Å². The molecule has 3 nitrogen and oxygen atoms in total. The van der Waals surface area contributed by atoms with Gasteiger partial charge in [-0.3, -0.25) is 0 Å². The van der Waals surface area contributed by atoms with Crippen LogP contribution >= 0.6 is 0 Å². The van der Waals surface area contributed by atoms with E-state index in [1.54, 1.807) is 0 Å². The molecule has 88 valence electrons. The Kier molecular flexibility index (Phi) is 3.65.